The van der Waals surface area contributed by atoms with E-state index in [0.29, 0.717) is 46.5 Å². The molecule has 11 heteroatoms. The van der Waals surface area contributed by atoms with Crippen molar-refractivity contribution in [3.05, 3.63) is 71.9 Å². The van der Waals surface area contributed by atoms with Gasteiger partial charge in [0.2, 0.25) is 0 Å². The van der Waals surface area contributed by atoms with Crippen LogP contribution >= 0.6 is 11.6 Å². The standard InChI is InChI=1S/C35H36ClFN8O/c36-28-8-2-6-22-5-1-7-26(29(22)28)31-30(37)32-27(17-38-31)33(43-18-23-9-10-24(19-43)40-23)42-34(41-32)46-21-35-12-3-16-45(35)25(11-13-35)20-44-15-4-14-39-44/h1-2,4-8,14-15,17,23-25,40H,3,9-13,16,18-21H2. The molecular formula is C35H36ClFN8O. The van der Waals surface area contributed by atoms with E-state index in [1.807, 2.05) is 59.5 Å². The fourth-order valence-electron chi connectivity index (χ4n) is 8.61. The second-order valence-corrected chi connectivity index (χ2v) is 13.8. The monoisotopic (exact) mass is 638 g/mol. The topological polar surface area (TPSA) is 84.2 Å². The van der Waals surface area contributed by atoms with Gasteiger partial charge in [0.15, 0.2) is 5.82 Å². The van der Waals surface area contributed by atoms with Crippen LogP contribution in [0.1, 0.15) is 38.5 Å². The van der Waals surface area contributed by atoms with Gasteiger partial charge in [-0.3, -0.25) is 14.6 Å². The lowest BCUT2D eigenvalue weighted by Crippen LogP contribution is -2.51. The maximum atomic E-state index is 16.8. The first kappa shape index (κ1) is 28.4. The summed E-state index contributed by atoms with van der Waals surface area (Å²) >= 11 is 6.65. The average Bonchev–Trinajstić information content (AvgIpc) is 3.87. The lowest BCUT2D eigenvalue weighted by Gasteiger charge is -2.35. The van der Waals surface area contributed by atoms with E-state index in [4.69, 9.17) is 26.3 Å². The average molecular weight is 639 g/mol. The van der Waals surface area contributed by atoms with Crippen molar-refractivity contribution in [3.8, 4) is 17.3 Å². The number of nitrogens with one attached hydrogen (secondary N) is 1. The smallest absolute Gasteiger partial charge is 0.319 e. The van der Waals surface area contributed by atoms with Gasteiger partial charge in [-0.1, -0.05) is 41.9 Å². The third kappa shape index (κ3) is 4.72. The predicted octanol–water partition coefficient (Wildman–Crippen LogP) is 5.85. The lowest BCUT2D eigenvalue weighted by molar-refractivity contribution is 0.0789. The van der Waals surface area contributed by atoms with Crippen molar-refractivity contribution in [1.29, 1.82) is 0 Å². The van der Waals surface area contributed by atoms with Crippen molar-refractivity contribution in [2.75, 3.05) is 31.1 Å². The maximum absolute atomic E-state index is 16.8. The number of fused-ring (bicyclic) bond motifs is 5. The molecule has 4 saturated heterocycles. The third-order valence-electron chi connectivity index (χ3n) is 10.7. The zero-order chi connectivity index (χ0) is 30.8. The summed E-state index contributed by atoms with van der Waals surface area (Å²) in [4.78, 5) is 19.3. The Morgan fingerprint density at radius 1 is 1.02 bits per heavy atom. The van der Waals surface area contributed by atoms with Gasteiger partial charge in [-0.15, -0.1) is 0 Å². The molecule has 236 valence electrons. The molecule has 2 bridgehead atoms. The molecule has 0 aliphatic carbocycles. The van der Waals surface area contributed by atoms with Crippen molar-refractivity contribution in [2.24, 2.45) is 0 Å². The molecular weight excluding hydrogens is 603 g/mol. The van der Waals surface area contributed by atoms with Gasteiger partial charge in [0, 0.05) is 65.8 Å². The molecule has 9 nitrogen and oxygen atoms in total. The van der Waals surface area contributed by atoms with Gasteiger partial charge in [0.25, 0.3) is 0 Å². The van der Waals surface area contributed by atoms with Crippen LogP contribution in [0.2, 0.25) is 5.02 Å². The number of hydrogen-bond donors (Lipinski definition) is 1. The second kappa shape index (κ2) is 11.1. The predicted molar refractivity (Wildman–Crippen MR) is 177 cm³/mol. The van der Waals surface area contributed by atoms with E-state index in [9.17, 15) is 0 Å². The van der Waals surface area contributed by atoms with Crippen LogP contribution in [0.5, 0.6) is 6.01 Å². The van der Waals surface area contributed by atoms with Crippen LogP contribution < -0.4 is 15.0 Å². The number of piperazine rings is 1. The molecule has 9 rings (SSSR count). The maximum Gasteiger partial charge on any atom is 0.319 e. The van der Waals surface area contributed by atoms with Crippen LogP contribution in [0, 0.1) is 5.82 Å². The Kier molecular flexibility index (Phi) is 6.87. The van der Waals surface area contributed by atoms with E-state index < -0.39 is 5.82 Å². The molecule has 4 fully saturated rings. The number of pyridine rings is 1. The van der Waals surface area contributed by atoms with Crippen LogP contribution in [0.4, 0.5) is 10.2 Å². The molecule has 3 aromatic heterocycles. The van der Waals surface area contributed by atoms with E-state index in [1.165, 1.54) is 0 Å². The highest BCUT2D eigenvalue weighted by atomic mass is 35.5. The molecule has 4 unspecified atom stereocenters. The summed E-state index contributed by atoms with van der Waals surface area (Å²) < 4.78 is 25.4. The van der Waals surface area contributed by atoms with Gasteiger partial charge in [-0.25, -0.2) is 4.39 Å². The normalized spacial score (nSPS) is 26.0. The lowest BCUT2D eigenvalue weighted by atomic mass is 9.95. The van der Waals surface area contributed by atoms with E-state index in [1.54, 1.807) is 6.20 Å². The number of halogens is 2. The summed E-state index contributed by atoms with van der Waals surface area (Å²) in [7, 11) is 0. The van der Waals surface area contributed by atoms with Crippen LogP contribution in [-0.4, -0.2) is 79.5 Å². The first-order chi connectivity index (χ1) is 22.5. The summed E-state index contributed by atoms with van der Waals surface area (Å²) in [5.74, 6) is 0.202. The highest BCUT2D eigenvalue weighted by molar-refractivity contribution is 6.36. The van der Waals surface area contributed by atoms with Gasteiger partial charge in [0.1, 0.15) is 23.6 Å². The minimum Gasteiger partial charge on any atom is -0.461 e. The first-order valence-electron chi connectivity index (χ1n) is 16.5. The van der Waals surface area contributed by atoms with E-state index >= 15 is 4.39 Å². The number of hydrogen-bond acceptors (Lipinski definition) is 8. The fourth-order valence-corrected chi connectivity index (χ4v) is 8.89. The molecule has 4 atom stereocenters. The number of aromatic nitrogens is 5. The number of benzene rings is 2. The molecule has 0 saturated carbocycles. The number of ether oxygens (including phenoxy) is 1. The Hall–Kier alpha value is -3.86. The van der Waals surface area contributed by atoms with Crippen LogP contribution in [0.25, 0.3) is 32.9 Å². The summed E-state index contributed by atoms with van der Waals surface area (Å²) in [5.41, 5.74) is 1.01. The molecule has 7 heterocycles. The fraction of sp³-hybridized carbons (Fsp3) is 0.429. The highest BCUT2D eigenvalue weighted by Crippen LogP contribution is 2.44. The Morgan fingerprint density at radius 3 is 2.70 bits per heavy atom. The number of anilines is 1. The summed E-state index contributed by atoms with van der Waals surface area (Å²) in [6.45, 7) is 3.99. The van der Waals surface area contributed by atoms with Gasteiger partial charge >= 0.3 is 6.01 Å². The molecule has 2 aromatic carbocycles. The van der Waals surface area contributed by atoms with Crippen LogP contribution in [0.15, 0.2) is 61.1 Å². The van der Waals surface area contributed by atoms with E-state index in [2.05, 4.69) is 25.2 Å². The van der Waals surface area contributed by atoms with Crippen LogP contribution in [-0.2, 0) is 6.54 Å². The summed E-state index contributed by atoms with van der Waals surface area (Å²) in [6.07, 6.45) is 12.2. The molecule has 4 aliphatic rings. The van der Waals surface area contributed by atoms with Crippen LogP contribution in [0.3, 0.4) is 0 Å². The highest BCUT2D eigenvalue weighted by Gasteiger charge is 2.50. The Bertz CT molecular complexity index is 1920. The zero-order valence-electron chi connectivity index (χ0n) is 25.6. The zero-order valence-corrected chi connectivity index (χ0v) is 26.3. The third-order valence-corrected chi connectivity index (χ3v) is 11.0. The molecule has 5 aromatic rings. The van der Waals surface area contributed by atoms with Crippen molar-refractivity contribution in [1.82, 2.24) is 34.9 Å². The SMILES string of the molecule is Fc1c(-c2cccc3cccc(Cl)c23)ncc2c(N3CC4CCC(C3)N4)nc(OCC34CCCN3C(Cn3cccn3)CC4)nc12. The van der Waals surface area contributed by atoms with Gasteiger partial charge < -0.3 is 15.0 Å². The molecule has 0 amide bonds. The number of nitrogens with zero attached hydrogens (tertiary/aromatic N) is 7. The van der Waals surface area contributed by atoms with Crippen molar-refractivity contribution < 1.29 is 9.13 Å². The minimum absolute atomic E-state index is 0.0773. The molecule has 4 aliphatic heterocycles. The molecule has 0 spiro atoms. The van der Waals surface area contributed by atoms with Gasteiger partial charge in [-0.05, 0) is 62.6 Å². The Balaban J connectivity index is 1.10. The Morgan fingerprint density at radius 2 is 1.87 bits per heavy atom. The molecule has 1 N–H and O–H groups in total. The van der Waals surface area contributed by atoms with E-state index in [0.717, 1.165) is 75.5 Å². The first-order valence-corrected chi connectivity index (χ1v) is 16.8. The molecule has 0 radical (unpaired) electrons. The van der Waals surface area contributed by atoms with Crippen molar-refractivity contribution in [3.63, 3.8) is 0 Å². The van der Waals surface area contributed by atoms with Crippen molar-refractivity contribution in [2.45, 2.75) is 68.7 Å². The molecule has 46 heavy (non-hydrogen) atoms. The number of rotatable bonds is 7. The summed E-state index contributed by atoms with van der Waals surface area (Å²) in [5, 5.41) is 11.0. The quantitative estimate of drug-likeness (QED) is 0.238. The minimum atomic E-state index is -0.489. The second-order valence-electron chi connectivity index (χ2n) is 13.4. The van der Waals surface area contributed by atoms with Gasteiger partial charge in [0.05, 0.1) is 17.5 Å². The van der Waals surface area contributed by atoms with Gasteiger partial charge in [-0.2, -0.15) is 15.1 Å². The Labute approximate surface area is 271 Å². The largest absolute Gasteiger partial charge is 0.461 e. The van der Waals surface area contributed by atoms with Crippen molar-refractivity contribution >= 4 is 39.1 Å². The van der Waals surface area contributed by atoms with E-state index in [-0.39, 0.29) is 22.8 Å². The summed E-state index contributed by atoms with van der Waals surface area (Å²) in [6, 6.07) is 14.8.